The molecule has 0 unspecified atom stereocenters. The van der Waals surface area contributed by atoms with E-state index < -0.39 is 23.5 Å². The van der Waals surface area contributed by atoms with Gasteiger partial charge in [-0.1, -0.05) is 78.9 Å². The molecule has 0 N–H and O–H groups in total. The molecule has 0 aromatic heterocycles. The first kappa shape index (κ1) is 22.1. The molecule has 0 aliphatic carbocycles. The molecule has 0 radical (unpaired) electrons. The fraction of sp³-hybridized carbons (Fsp3) is 0.133. The molecule has 6 rings (SSSR count). The second kappa shape index (κ2) is 8.66. The maximum atomic E-state index is 14.6. The van der Waals surface area contributed by atoms with Crippen LogP contribution >= 0.6 is 0 Å². The molecule has 6 nitrogen and oxygen atoms in total. The minimum absolute atomic E-state index is 0.318. The number of amides is 2. The van der Waals surface area contributed by atoms with Crippen LogP contribution in [0.3, 0.4) is 0 Å². The lowest BCUT2D eigenvalue weighted by Crippen LogP contribution is -2.46. The highest BCUT2D eigenvalue weighted by atomic mass is 16.7. The maximum Gasteiger partial charge on any atom is 0.267 e. The minimum atomic E-state index is -1.30. The van der Waals surface area contributed by atoms with Gasteiger partial charge >= 0.3 is 0 Å². The van der Waals surface area contributed by atoms with Gasteiger partial charge in [0.05, 0.1) is 18.5 Å². The molecule has 4 aromatic carbocycles. The van der Waals surface area contributed by atoms with Gasteiger partial charge in [0.2, 0.25) is 5.91 Å². The number of imide groups is 1. The van der Waals surface area contributed by atoms with E-state index in [9.17, 15) is 9.59 Å². The molecule has 2 heterocycles. The lowest BCUT2D eigenvalue weighted by Gasteiger charge is -2.35. The van der Waals surface area contributed by atoms with Gasteiger partial charge in [-0.05, 0) is 47.5 Å². The van der Waals surface area contributed by atoms with Gasteiger partial charge in [-0.3, -0.25) is 14.4 Å². The predicted molar refractivity (Wildman–Crippen MR) is 137 cm³/mol. The summed E-state index contributed by atoms with van der Waals surface area (Å²) < 4.78 is 5.27. The first-order valence-electron chi connectivity index (χ1n) is 11.8. The molecule has 2 amide bonds. The van der Waals surface area contributed by atoms with Crippen LogP contribution in [-0.2, 0) is 19.8 Å². The van der Waals surface area contributed by atoms with Crippen LogP contribution in [0.25, 0.3) is 0 Å². The Balaban J connectivity index is 1.59. The van der Waals surface area contributed by atoms with Crippen molar-refractivity contribution < 1.29 is 19.2 Å². The average molecular weight is 477 g/mol. The standard InChI is InChI=1S/C30H24N2O4/c1-35-25-19-17-23(18-20-25)31-28(33)27-30(29(31)34,22-13-7-3-8-14-22)26(21-11-5-2-6-12-21)32(36-27)24-15-9-4-10-16-24/h2-20,26-27H,1H3/t26-,27+,30-/m1/s1. The number of carbonyl (C=O) groups is 2. The predicted octanol–water partition coefficient (Wildman–Crippen LogP) is 5.07. The average Bonchev–Trinajstić information content (AvgIpc) is 3.41. The van der Waals surface area contributed by atoms with Crippen molar-refractivity contribution in [1.82, 2.24) is 0 Å². The Morgan fingerprint density at radius 2 is 1.31 bits per heavy atom. The van der Waals surface area contributed by atoms with E-state index in [1.165, 1.54) is 4.90 Å². The molecular formula is C30H24N2O4. The normalized spacial score (nSPS) is 23.1. The van der Waals surface area contributed by atoms with Crippen molar-refractivity contribution in [3.63, 3.8) is 0 Å². The summed E-state index contributed by atoms with van der Waals surface area (Å²) in [5, 5.41) is 1.73. The summed E-state index contributed by atoms with van der Waals surface area (Å²) in [5.74, 6) is -0.0704. The van der Waals surface area contributed by atoms with Crippen molar-refractivity contribution in [2.75, 3.05) is 17.1 Å². The monoisotopic (exact) mass is 476 g/mol. The van der Waals surface area contributed by atoms with Gasteiger partial charge in [-0.2, -0.15) is 0 Å². The van der Waals surface area contributed by atoms with Crippen molar-refractivity contribution in [3.8, 4) is 5.75 Å². The molecule has 2 aliphatic heterocycles. The maximum absolute atomic E-state index is 14.6. The Morgan fingerprint density at radius 1 is 0.722 bits per heavy atom. The van der Waals surface area contributed by atoms with Gasteiger partial charge in [0, 0.05) is 0 Å². The number of hydrogen-bond acceptors (Lipinski definition) is 5. The molecular weight excluding hydrogens is 452 g/mol. The summed E-state index contributed by atoms with van der Waals surface area (Å²) in [7, 11) is 1.58. The molecule has 3 atom stereocenters. The van der Waals surface area contributed by atoms with Gasteiger partial charge in [0.1, 0.15) is 17.2 Å². The van der Waals surface area contributed by atoms with Crippen LogP contribution in [0, 0.1) is 0 Å². The number of fused-ring (bicyclic) bond motifs is 1. The first-order valence-corrected chi connectivity index (χ1v) is 11.8. The molecule has 2 saturated heterocycles. The van der Waals surface area contributed by atoms with Crippen LogP contribution < -0.4 is 14.7 Å². The van der Waals surface area contributed by atoms with E-state index in [4.69, 9.17) is 9.57 Å². The summed E-state index contributed by atoms with van der Waals surface area (Å²) in [6.07, 6.45) is -1.04. The summed E-state index contributed by atoms with van der Waals surface area (Å²) in [6.45, 7) is 0. The Bertz CT molecular complexity index is 1390. The number of methoxy groups -OCH3 is 1. The fourth-order valence-corrected chi connectivity index (χ4v) is 5.40. The second-order valence-electron chi connectivity index (χ2n) is 8.87. The molecule has 0 bridgehead atoms. The first-order chi connectivity index (χ1) is 17.7. The number of carbonyl (C=O) groups excluding carboxylic acids is 2. The number of ether oxygens (including phenoxy) is 1. The van der Waals surface area contributed by atoms with Crippen LogP contribution in [0.5, 0.6) is 5.75 Å². The Labute approximate surface area is 209 Å². The van der Waals surface area contributed by atoms with Crippen molar-refractivity contribution in [3.05, 3.63) is 126 Å². The number of hydrogen-bond donors (Lipinski definition) is 0. The van der Waals surface area contributed by atoms with E-state index in [0.29, 0.717) is 11.4 Å². The quantitative estimate of drug-likeness (QED) is 0.377. The number of nitrogens with zero attached hydrogens (tertiary/aromatic N) is 2. The van der Waals surface area contributed by atoms with Crippen LogP contribution in [0.4, 0.5) is 11.4 Å². The van der Waals surface area contributed by atoms with E-state index in [2.05, 4.69) is 0 Å². The van der Waals surface area contributed by atoms with Crippen molar-refractivity contribution >= 4 is 23.2 Å². The summed E-state index contributed by atoms with van der Waals surface area (Å²) in [4.78, 5) is 36.3. The highest BCUT2D eigenvalue weighted by molar-refractivity contribution is 6.28. The number of hydroxylamine groups is 1. The summed E-state index contributed by atoms with van der Waals surface area (Å²) in [5.41, 5.74) is 1.57. The third-order valence-electron chi connectivity index (χ3n) is 7.01. The number of rotatable bonds is 5. The highest BCUT2D eigenvalue weighted by Crippen LogP contribution is 2.57. The van der Waals surface area contributed by atoms with Gasteiger partial charge < -0.3 is 4.74 Å². The third-order valence-corrected chi connectivity index (χ3v) is 7.01. The fourth-order valence-electron chi connectivity index (χ4n) is 5.40. The van der Waals surface area contributed by atoms with E-state index in [-0.39, 0.29) is 5.91 Å². The zero-order valence-corrected chi connectivity index (χ0v) is 19.7. The summed E-state index contributed by atoms with van der Waals surface area (Å²) in [6, 6.07) is 35.2. The topological polar surface area (TPSA) is 59.1 Å². The zero-order valence-electron chi connectivity index (χ0n) is 19.7. The summed E-state index contributed by atoms with van der Waals surface area (Å²) >= 11 is 0. The van der Waals surface area contributed by atoms with Crippen molar-refractivity contribution in [1.29, 1.82) is 0 Å². The third kappa shape index (κ3) is 3.15. The molecule has 0 saturated carbocycles. The second-order valence-corrected chi connectivity index (χ2v) is 8.87. The molecule has 4 aromatic rings. The molecule has 36 heavy (non-hydrogen) atoms. The van der Waals surface area contributed by atoms with E-state index in [1.807, 2.05) is 91.0 Å². The minimum Gasteiger partial charge on any atom is -0.497 e. The lowest BCUT2D eigenvalue weighted by atomic mass is 9.69. The van der Waals surface area contributed by atoms with Crippen molar-refractivity contribution in [2.45, 2.75) is 17.6 Å². The van der Waals surface area contributed by atoms with Gasteiger partial charge in [-0.15, -0.1) is 0 Å². The molecule has 2 fully saturated rings. The van der Waals surface area contributed by atoms with E-state index in [1.54, 1.807) is 36.4 Å². The van der Waals surface area contributed by atoms with Gasteiger partial charge in [0.25, 0.3) is 5.91 Å². The van der Waals surface area contributed by atoms with E-state index >= 15 is 0 Å². The number of benzene rings is 4. The van der Waals surface area contributed by atoms with Crippen molar-refractivity contribution in [2.24, 2.45) is 0 Å². The Hall–Kier alpha value is -4.42. The Morgan fingerprint density at radius 3 is 1.92 bits per heavy atom. The van der Waals surface area contributed by atoms with Crippen LogP contribution in [0.1, 0.15) is 17.2 Å². The molecule has 6 heteroatoms. The zero-order chi connectivity index (χ0) is 24.7. The highest BCUT2D eigenvalue weighted by Gasteiger charge is 2.72. The molecule has 2 aliphatic rings. The van der Waals surface area contributed by atoms with Crippen LogP contribution in [0.15, 0.2) is 115 Å². The smallest absolute Gasteiger partial charge is 0.267 e. The van der Waals surface area contributed by atoms with Gasteiger partial charge in [-0.25, -0.2) is 9.96 Å². The number of para-hydroxylation sites is 1. The SMILES string of the molecule is COc1ccc(N2C(=O)[C@@H]3ON(c4ccccc4)[C@H](c4ccccc4)[C@@]3(c3ccccc3)C2=O)cc1. The number of anilines is 2. The largest absolute Gasteiger partial charge is 0.497 e. The van der Waals surface area contributed by atoms with Gasteiger partial charge in [0.15, 0.2) is 6.10 Å². The van der Waals surface area contributed by atoms with Crippen LogP contribution in [-0.4, -0.2) is 25.0 Å². The Kier molecular flexibility index (Phi) is 5.31. The lowest BCUT2D eigenvalue weighted by molar-refractivity contribution is -0.126. The molecule has 0 spiro atoms. The van der Waals surface area contributed by atoms with Crippen LogP contribution in [0.2, 0.25) is 0 Å². The molecule has 178 valence electrons. The van der Waals surface area contributed by atoms with E-state index in [0.717, 1.165) is 16.8 Å².